The maximum absolute atomic E-state index is 11.5. The minimum absolute atomic E-state index is 0.333. The Morgan fingerprint density at radius 2 is 2.16 bits per heavy atom. The van der Waals surface area contributed by atoms with E-state index in [4.69, 9.17) is 15.2 Å². The number of nitrogens with two attached hydrogens (primary N) is 1. The second-order valence-electron chi connectivity index (χ2n) is 4.88. The molecule has 0 aromatic heterocycles. The fourth-order valence-corrected chi connectivity index (χ4v) is 2.13. The lowest BCUT2D eigenvalue weighted by Gasteiger charge is -2.28. The third-order valence-electron chi connectivity index (χ3n) is 2.49. The Balaban J connectivity index is 2.63. The summed E-state index contributed by atoms with van der Waals surface area (Å²) in [6.45, 7) is 5.88. The van der Waals surface area contributed by atoms with E-state index in [2.05, 4.69) is 15.9 Å². The molecule has 2 N–H and O–H groups in total. The maximum atomic E-state index is 11.5. The molecule has 0 bridgehead atoms. The zero-order valence-corrected chi connectivity index (χ0v) is 13.1. The van der Waals surface area contributed by atoms with Crippen molar-refractivity contribution < 1.29 is 14.3 Å². The van der Waals surface area contributed by atoms with E-state index in [1.165, 1.54) is 0 Å². The number of benzene rings is 1. The normalized spacial score (nSPS) is 12.9. The van der Waals surface area contributed by atoms with Crippen LogP contribution in [-0.2, 0) is 9.53 Å². The van der Waals surface area contributed by atoms with Gasteiger partial charge in [0.25, 0.3) is 0 Å². The van der Waals surface area contributed by atoms with Crippen LogP contribution in [0.3, 0.4) is 0 Å². The number of carbonyl (C=O) groups excluding carboxylic acids is 1. The van der Waals surface area contributed by atoms with Crippen molar-refractivity contribution in [3.05, 3.63) is 28.7 Å². The van der Waals surface area contributed by atoms with Crippen LogP contribution in [0.15, 0.2) is 28.7 Å². The highest BCUT2D eigenvalue weighted by molar-refractivity contribution is 9.10. The fourth-order valence-electron chi connectivity index (χ4n) is 1.75. The second kappa shape index (κ2) is 6.91. The van der Waals surface area contributed by atoms with Crippen LogP contribution in [0.4, 0.5) is 0 Å². The zero-order valence-electron chi connectivity index (χ0n) is 11.5. The molecule has 1 aromatic rings. The Hall–Kier alpha value is -1.07. The fraction of sp³-hybridized carbons (Fsp3) is 0.500. The van der Waals surface area contributed by atoms with Gasteiger partial charge in [-0.1, -0.05) is 22.0 Å². The Bertz CT molecular complexity index is 434. The molecule has 4 nitrogen and oxygen atoms in total. The summed E-state index contributed by atoms with van der Waals surface area (Å²) in [6.07, 6.45) is 0.387. The van der Waals surface area contributed by atoms with Crippen molar-refractivity contribution in [2.45, 2.75) is 38.8 Å². The molecule has 0 spiro atoms. The van der Waals surface area contributed by atoms with Gasteiger partial charge in [0.15, 0.2) is 0 Å². The van der Waals surface area contributed by atoms with E-state index in [0.717, 1.165) is 10.2 Å². The molecule has 1 atom stereocenters. The van der Waals surface area contributed by atoms with Crippen LogP contribution in [-0.4, -0.2) is 24.2 Å². The van der Waals surface area contributed by atoms with E-state index in [1.54, 1.807) is 6.92 Å². The molecule has 0 radical (unpaired) electrons. The monoisotopic (exact) mass is 329 g/mol. The van der Waals surface area contributed by atoms with Gasteiger partial charge in [-0.15, -0.1) is 0 Å². The summed E-state index contributed by atoms with van der Waals surface area (Å²) in [5.74, 6) is 0.337. The number of esters is 1. The molecule has 0 saturated carbocycles. The quantitative estimate of drug-likeness (QED) is 0.815. The molecule has 1 rings (SSSR count). The number of hydrogen-bond donors (Lipinski definition) is 1. The van der Waals surface area contributed by atoms with E-state index in [-0.39, 0.29) is 0 Å². The SMILES string of the molecule is CCOC(=O)C(N)CC(C)(C)Oc1cccc(Br)c1. The molecular weight excluding hydrogens is 310 g/mol. The molecule has 0 aliphatic carbocycles. The molecule has 0 aliphatic heterocycles. The van der Waals surface area contributed by atoms with Gasteiger partial charge >= 0.3 is 5.97 Å². The molecular formula is C14H20BrNO3. The van der Waals surface area contributed by atoms with Gasteiger partial charge in [-0.05, 0) is 39.0 Å². The van der Waals surface area contributed by atoms with Crippen molar-refractivity contribution in [3.63, 3.8) is 0 Å². The first-order valence-electron chi connectivity index (χ1n) is 6.21. The topological polar surface area (TPSA) is 61.5 Å². The number of halogens is 1. The third kappa shape index (κ3) is 5.61. The van der Waals surface area contributed by atoms with Gasteiger partial charge < -0.3 is 15.2 Å². The van der Waals surface area contributed by atoms with Crippen molar-refractivity contribution in [2.75, 3.05) is 6.61 Å². The summed E-state index contributed by atoms with van der Waals surface area (Å²) in [5.41, 5.74) is 5.26. The van der Waals surface area contributed by atoms with Gasteiger partial charge in [0.1, 0.15) is 17.4 Å². The molecule has 0 heterocycles. The molecule has 5 heteroatoms. The first-order chi connectivity index (χ1) is 8.84. The largest absolute Gasteiger partial charge is 0.488 e. The predicted octanol–water partition coefficient (Wildman–Crippen LogP) is 2.89. The Morgan fingerprint density at radius 1 is 1.47 bits per heavy atom. The van der Waals surface area contributed by atoms with Crippen molar-refractivity contribution in [3.8, 4) is 5.75 Å². The number of ether oxygens (including phenoxy) is 2. The minimum Gasteiger partial charge on any atom is -0.488 e. The highest BCUT2D eigenvalue weighted by Crippen LogP contribution is 2.24. The molecule has 19 heavy (non-hydrogen) atoms. The van der Waals surface area contributed by atoms with Crippen molar-refractivity contribution in [2.24, 2.45) is 5.73 Å². The van der Waals surface area contributed by atoms with Gasteiger partial charge in [-0.25, -0.2) is 0 Å². The van der Waals surface area contributed by atoms with E-state index >= 15 is 0 Å². The molecule has 0 saturated heterocycles. The Labute approximate surface area is 122 Å². The van der Waals surface area contributed by atoms with Crippen LogP contribution in [0.5, 0.6) is 5.75 Å². The van der Waals surface area contributed by atoms with Crippen LogP contribution < -0.4 is 10.5 Å². The van der Waals surface area contributed by atoms with Crippen LogP contribution in [0.25, 0.3) is 0 Å². The van der Waals surface area contributed by atoms with E-state index < -0.39 is 17.6 Å². The zero-order chi connectivity index (χ0) is 14.5. The Kier molecular flexibility index (Phi) is 5.82. The van der Waals surface area contributed by atoms with E-state index in [1.807, 2.05) is 38.1 Å². The molecule has 0 aliphatic rings. The highest BCUT2D eigenvalue weighted by Gasteiger charge is 2.28. The lowest BCUT2D eigenvalue weighted by molar-refractivity contribution is -0.145. The maximum Gasteiger partial charge on any atom is 0.323 e. The molecule has 106 valence electrons. The van der Waals surface area contributed by atoms with Crippen molar-refractivity contribution in [1.82, 2.24) is 0 Å². The summed E-state index contributed by atoms with van der Waals surface area (Å²) < 4.78 is 11.7. The smallest absolute Gasteiger partial charge is 0.323 e. The van der Waals surface area contributed by atoms with Crippen LogP contribution in [0.1, 0.15) is 27.2 Å². The number of hydrogen-bond acceptors (Lipinski definition) is 4. The van der Waals surface area contributed by atoms with E-state index in [9.17, 15) is 4.79 Å². The average molecular weight is 330 g/mol. The van der Waals surface area contributed by atoms with Gasteiger partial charge in [-0.2, -0.15) is 0 Å². The summed E-state index contributed by atoms with van der Waals surface area (Å²) >= 11 is 3.39. The second-order valence-corrected chi connectivity index (χ2v) is 5.80. The lowest BCUT2D eigenvalue weighted by atomic mass is 9.99. The van der Waals surface area contributed by atoms with Crippen LogP contribution in [0, 0.1) is 0 Å². The highest BCUT2D eigenvalue weighted by atomic mass is 79.9. The number of carbonyl (C=O) groups is 1. The molecule has 0 amide bonds. The van der Waals surface area contributed by atoms with Gasteiger partial charge in [0, 0.05) is 10.9 Å². The third-order valence-corrected chi connectivity index (χ3v) is 2.98. The van der Waals surface area contributed by atoms with E-state index in [0.29, 0.717) is 13.0 Å². The van der Waals surface area contributed by atoms with Crippen LogP contribution in [0.2, 0.25) is 0 Å². The van der Waals surface area contributed by atoms with Gasteiger partial charge in [-0.3, -0.25) is 4.79 Å². The molecule has 1 unspecified atom stereocenters. The number of rotatable bonds is 6. The van der Waals surface area contributed by atoms with Crippen molar-refractivity contribution >= 4 is 21.9 Å². The first-order valence-corrected chi connectivity index (χ1v) is 7.00. The minimum atomic E-state index is -0.679. The lowest BCUT2D eigenvalue weighted by Crippen LogP contribution is -2.42. The van der Waals surface area contributed by atoms with Crippen molar-refractivity contribution in [1.29, 1.82) is 0 Å². The standard InChI is InChI=1S/C14H20BrNO3/c1-4-18-13(17)12(16)9-14(2,3)19-11-7-5-6-10(15)8-11/h5-8,12H,4,9,16H2,1-3H3. The summed E-state index contributed by atoms with van der Waals surface area (Å²) in [7, 11) is 0. The molecule has 1 aromatic carbocycles. The van der Waals surface area contributed by atoms with Gasteiger partial charge in [0.05, 0.1) is 6.61 Å². The average Bonchev–Trinajstić information content (AvgIpc) is 2.27. The van der Waals surface area contributed by atoms with Gasteiger partial charge in [0.2, 0.25) is 0 Å². The molecule has 0 fully saturated rings. The summed E-state index contributed by atoms with van der Waals surface area (Å²) in [6, 6.07) is 6.87. The predicted molar refractivity (Wildman–Crippen MR) is 78.1 cm³/mol. The Morgan fingerprint density at radius 3 is 2.74 bits per heavy atom. The summed E-state index contributed by atoms with van der Waals surface area (Å²) in [5, 5.41) is 0. The van der Waals surface area contributed by atoms with Crippen LogP contribution >= 0.6 is 15.9 Å². The summed E-state index contributed by atoms with van der Waals surface area (Å²) in [4.78, 5) is 11.5. The first kappa shape index (κ1) is 16.0.